The molecule has 0 N–H and O–H groups in total. The second-order valence-electron chi connectivity index (χ2n) is 42.2. The van der Waals surface area contributed by atoms with Gasteiger partial charge in [-0.3, -0.25) is 0 Å². The van der Waals surface area contributed by atoms with Gasteiger partial charge in [0, 0.05) is 140 Å². The van der Waals surface area contributed by atoms with Gasteiger partial charge in [0.25, 0.3) is 0 Å². The zero-order valence-corrected chi connectivity index (χ0v) is 87.4. The number of rotatable bonds is 10. The zero-order chi connectivity index (χ0) is 99.6. The van der Waals surface area contributed by atoms with Crippen molar-refractivity contribution in [3.8, 4) is 135 Å². The molecule has 706 valence electrons. The molecule has 1 aliphatic carbocycles. The van der Waals surface area contributed by atoms with E-state index in [2.05, 4.69) is 520 Å². The molecular formula is C135H98N10SSi3. The summed E-state index contributed by atoms with van der Waals surface area (Å²) in [5, 5.41) is 20.5. The first-order valence-corrected chi connectivity index (χ1v) is 61.4. The molecule has 0 saturated heterocycles. The van der Waals surface area contributed by atoms with Crippen LogP contribution in [0.3, 0.4) is 0 Å². The molecule has 31 rings (SSSR count). The lowest BCUT2D eigenvalue weighted by Gasteiger charge is -2.22. The molecule has 3 aliphatic heterocycles. The summed E-state index contributed by atoms with van der Waals surface area (Å²) in [4.78, 5) is 33.1. The summed E-state index contributed by atoms with van der Waals surface area (Å²) in [5.74, 6) is 2.32. The second kappa shape index (κ2) is 33.5. The number of hydrogen-bond donors (Lipinski definition) is 0. The molecule has 149 heavy (non-hydrogen) atoms. The Morgan fingerprint density at radius 1 is 0.208 bits per heavy atom. The average molecular weight is 1980 g/mol. The molecule has 0 unspecified atom stereocenters. The van der Waals surface area contributed by atoms with Crippen LogP contribution in [-0.2, 0) is 5.41 Å². The molecule has 14 heteroatoms. The highest BCUT2D eigenvalue weighted by molar-refractivity contribution is 7.26. The van der Waals surface area contributed by atoms with Gasteiger partial charge in [-0.1, -0.05) is 387 Å². The van der Waals surface area contributed by atoms with Crippen molar-refractivity contribution in [1.82, 2.24) is 48.2 Å². The smallest absolute Gasteiger partial charge is 0.161 e. The number of para-hydroxylation sites is 8. The van der Waals surface area contributed by atoms with Crippen LogP contribution in [0.25, 0.3) is 243 Å². The average Bonchev–Trinajstić information content (AvgIpc) is 1.55. The molecule has 19 aromatic carbocycles. The summed E-state index contributed by atoms with van der Waals surface area (Å²) >= 11 is 1.86. The van der Waals surface area contributed by atoms with E-state index in [4.69, 9.17) is 29.9 Å². The first-order chi connectivity index (χ1) is 73.0. The first kappa shape index (κ1) is 88.0. The van der Waals surface area contributed by atoms with E-state index >= 15 is 0 Å². The molecule has 4 aliphatic rings. The predicted molar refractivity (Wildman–Crippen MR) is 633 cm³/mol. The van der Waals surface area contributed by atoms with Crippen molar-refractivity contribution in [2.24, 2.45) is 0 Å². The van der Waals surface area contributed by atoms with Gasteiger partial charge in [0.05, 0.1) is 78.3 Å². The van der Waals surface area contributed by atoms with Gasteiger partial charge >= 0.3 is 0 Å². The molecular weight excluding hydrogens is 1880 g/mol. The lowest BCUT2D eigenvalue weighted by Crippen LogP contribution is -2.50. The van der Waals surface area contributed by atoms with Crippen LogP contribution in [0, 0.1) is 0 Å². The van der Waals surface area contributed by atoms with Crippen molar-refractivity contribution < 1.29 is 0 Å². The third-order valence-corrected chi connectivity index (χ3v) is 43.6. The zero-order valence-electron chi connectivity index (χ0n) is 83.6. The summed E-state index contributed by atoms with van der Waals surface area (Å²) < 4.78 is 12.3. The van der Waals surface area contributed by atoms with E-state index in [1.54, 1.807) is 0 Å². The highest BCUT2D eigenvalue weighted by atomic mass is 32.1. The van der Waals surface area contributed by atoms with Gasteiger partial charge in [0.1, 0.15) is 24.2 Å². The number of hydrogen-bond acceptors (Lipinski definition) is 7. The first-order valence-electron chi connectivity index (χ1n) is 51.6. The lowest BCUT2D eigenvalue weighted by atomic mass is 9.82. The van der Waals surface area contributed by atoms with E-state index in [0.717, 1.165) is 102 Å². The van der Waals surface area contributed by atoms with E-state index in [1.807, 2.05) is 11.3 Å². The normalized spacial score (nSPS) is 13.9. The molecule has 0 spiro atoms. The second-order valence-corrected chi connectivity index (χ2v) is 56.1. The lowest BCUT2D eigenvalue weighted by molar-refractivity contribution is 0.661. The fraction of sp³-hybridized carbons (Fsp3) is 0.0667. The van der Waals surface area contributed by atoms with Crippen molar-refractivity contribution in [3.63, 3.8) is 0 Å². The number of thiophene rings is 1. The molecule has 10 nitrogen and oxygen atoms in total. The van der Waals surface area contributed by atoms with Crippen LogP contribution < -0.4 is 31.5 Å². The molecule has 0 fully saturated rings. The van der Waals surface area contributed by atoms with Crippen molar-refractivity contribution in [1.29, 1.82) is 0 Å². The summed E-state index contributed by atoms with van der Waals surface area (Å²) in [6.07, 6.45) is 0. The summed E-state index contributed by atoms with van der Waals surface area (Å²) in [5.41, 5.74) is 36.1. The summed E-state index contributed by atoms with van der Waals surface area (Å²) in [6.45, 7) is 19.3. The summed E-state index contributed by atoms with van der Waals surface area (Å²) in [6, 6.07) is 163. The molecule has 27 aromatic rings. The highest BCUT2D eigenvalue weighted by Gasteiger charge is 2.46. The Bertz CT molecular complexity index is 10300. The van der Waals surface area contributed by atoms with Crippen LogP contribution in [0.2, 0.25) is 39.3 Å². The molecule has 0 saturated carbocycles. The van der Waals surface area contributed by atoms with E-state index < -0.39 is 24.2 Å². The Kier molecular flexibility index (Phi) is 19.8. The molecule has 11 heterocycles. The van der Waals surface area contributed by atoms with Gasteiger partial charge in [0.15, 0.2) is 17.5 Å². The van der Waals surface area contributed by atoms with E-state index in [1.165, 1.54) is 184 Å². The van der Waals surface area contributed by atoms with E-state index in [0.29, 0.717) is 0 Å². The topological polar surface area (TPSA) is 97.1 Å². The summed E-state index contributed by atoms with van der Waals surface area (Å²) in [7, 11) is -6.31. The molecule has 0 atom stereocenters. The van der Waals surface area contributed by atoms with Gasteiger partial charge in [-0.15, -0.1) is 11.3 Å². The van der Waals surface area contributed by atoms with Crippen molar-refractivity contribution in [3.05, 3.63) is 460 Å². The van der Waals surface area contributed by atoms with Crippen molar-refractivity contribution >= 4 is 174 Å². The van der Waals surface area contributed by atoms with Gasteiger partial charge in [-0.05, 0) is 170 Å². The Hall–Kier alpha value is -17.5. The molecule has 0 amide bonds. The third kappa shape index (κ3) is 13.3. The monoisotopic (exact) mass is 1970 g/mol. The van der Waals surface area contributed by atoms with Crippen LogP contribution in [0.15, 0.2) is 449 Å². The maximum atomic E-state index is 5.57. The Balaban J connectivity index is 0.000000105. The van der Waals surface area contributed by atoms with Crippen LogP contribution in [-0.4, -0.2) is 72.4 Å². The fourth-order valence-corrected chi connectivity index (χ4v) is 35.3. The Morgan fingerprint density at radius 2 is 0.510 bits per heavy atom. The van der Waals surface area contributed by atoms with Crippen LogP contribution in [0.5, 0.6) is 0 Å². The van der Waals surface area contributed by atoms with E-state index in [9.17, 15) is 0 Å². The molecule has 8 aromatic heterocycles. The SMILES string of the molecule is CC1(C)c2ccccc2-c2cc3c4ccccc4n(-c4ccccc4-c4nc(-c5ccccc5)c5c(n4)[Si](C)(C)c4ccccc4-5)c3cc21.C[Si]1(C)c2ccccc2-c2c(-c3ccccc3)nc(-c3ccccc3-n3c4ccccc4c4cc5c(cc43)sc3ccccc35)nc21.C[Si]1(C)c2ccccc2-c2c(-c3ccccc3)nc(-c3ccccc3-n3c4ccccc4c4cc5c6ccccc6n(-c6ccccc6)c5cc43)nc21. The third-order valence-electron chi connectivity index (χ3n) is 32.4. The quantitative estimate of drug-likeness (QED) is 0.127. The minimum Gasteiger partial charge on any atom is -0.309 e. The van der Waals surface area contributed by atoms with Crippen LogP contribution in [0.1, 0.15) is 25.0 Å². The van der Waals surface area contributed by atoms with Crippen LogP contribution in [0.4, 0.5) is 0 Å². The van der Waals surface area contributed by atoms with Gasteiger partial charge < -0.3 is 18.3 Å². The number of fused-ring (bicyclic) bond motifs is 27. The largest absolute Gasteiger partial charge is 0.309 e. The molecule has 0 radical (unpaired) electrons. The van der Waals surface area contributed by atoms with Crippen LogP contribution >= 0.6 is 11.3 Å². The minimum atomic E-state index is -2.13. The maximum absolute atomic E-state index is 5.57. The van der Waals surface area contributed by atoms with Crippen molar-refractivity contribution in [2.45, 2.75) is 58.5 Å². The molecule has 0 bridgehead atoms. The highest BCUT2D eigenvalue weighted by Crippen LogP contribution is 2.54. The van der Waals surface area contributed by atoms with Crippen molar-refractivity contribution in [2.75, 3.05) is 0 Å². The van der Waals surface area contributed by atoms with E-state index in [-0.39, 0.29) is 5.41 Å². The number of nitrogens with zero attached hydrogens (tertiary/aromatic N) is 10. The Morgan fingerprint density at radius 3 is 0.926 bits per heavy atom. The minimum absolute atomic E-state index is 0.0974. The Labute approximate surface area is 869 Å². The maximum Gasteiger partial charge on any atom is 0.161 e. The predicted octanol–water partition coefficient (Wildman–Crippen LogP) is 30.9. The number of aromatic nitrogens is 10. The standard InChI is InChI=1S/C48H34N4Si.C45H35N3Si.C42H29N3SSi/c1-53(2)44-28-16-12-24-36(44)45-46(31-17-5-3-6-18-31)49-47(50-48(45)53)35-23-11-15-27-41(35)52-40-26-14-10-22-34(40)38-29-37-33-21-9-13-25-39(33)51(42(37)30-43(38)52)32-19-7-4-8-20-32;1-45(2)35-22-12-8-18-29(35)33-26-34-30-19-9-13-23-37(30)48(39(34)27-36(33)45)38-24-14-10-20-31(38)43-46-42(28-16-6-5-7-17-28)41-32-21-11-15-25-40(32)49(3,4)44(41)47-43;1-47(2)38-23-13-9-19-30(38)39-40(26-14-4-3-5-15-26)43-41(44-42(39)47)29-18-7-11-21-34(29)45-33-20-10-6-16-27(33)31-24-32-28-17-8-12-22-36(28)46-37(32)25-35(31)45/h3-30H,1-2H3;5-27H,1-4H3;3-25H,1-2H3. The van der Waals surface area contributed by atoms with Gasteiger partial charge in [0.2, 0.25) is 0 Å². The van der Waals surface area contributed by atoms with Gasteiger partial charge in [-0.25, -0.2) is 29.9 Å². The number of benzene rings is 19. The fourth-order valence-electron chi connectivity index (χ4n) is 25.4. The van der Waals surface area contributed by atoms with Gasteiger partial charge in [-0.2, -0.15) is 0 Å².